The van der Waals surface area contributed by atoms with Crippen molar-refractivity contribution in [3.63, 3.8) is 0 Å². The Bertz CT molecular complexity index is 1010. The fraction of sp³-hybridized carbons (Fsp3) is 0.294. The second kappa shape index (κ2) is 5.73. The predicted octanol–water partition coefficient (Wildman–Crippen LogP) is 1.39. The van der Waals surface area contributed by atoms with E-state index >= 15 is 0 Å². The number of hydrogen-bond acceptors (Lipinski definition) is 5. The highest BCUT2D eigenvalue weighted by atomic mass is 16.4. The van der Waals surface area contributed by atoms with Gasteiger partial charge in [0.2, 0.25) is 0 Å². The van der Waals surface area contributed by atoms with Crippen LogP contribution in [0.2, 0.25) is 0 Å². The molecule has 8 heteroatoms. The molecule has 0 atom stereocenters. The molecule has 0 radical (unpaired) electrons. The lowest BCUT2D eigenvalue weighted by molar-refractivity contribution is -0.137. The van der Waals surface area contributed by atoms with E-state index in [9.17, 15) is 14.7 Å². The van der Waals surface area contributed by atoms with Gasteiger partial charge in [-0.2, -0.15) is 0 Å². The molecule has 0 aliphatic heterocycles. The van der Waals surface area contributed by atoms with Crippen LogP contribution in [0.3, 0.4) is 0 Å². The molecule has 0 saturated heterocycles. The van der Waals surface area contributed by atoms with Crippen molar-refractivity contribution in [2.45, 2.75) is 19.4 Å². The van der Waals surface area contributed by atoms with Crippen LogP contribution in [-0.4, -0.2) is 38.1 Å². The molecule has 2 heterocycles. The largest absolute Gasteiger partial charge is 0.480 e. The number of rotatable bonds is 5. The number of aromatic nitrogens is 3. The van der Waals surface area contributed by atoms with Crippen molar-refractivity contribution in [3.05, 3.63) is 30.1 Å². The van der Waals surface area contributed by atoms with Gasteiger partial charge in [0.25, 0.3) is 5.91 Å². The Labute approximate surface area is 142 Å². The maximum Gasteiger partial charge on any atom is 0.323 e. The molecule has 25 heavy (non-hydrogen) atoms. The number of hydrogen-bond donors (Lipinski definition) is 3. The average molecular weight is 339 g/mol. The summed E-state index contributed by atoms with van der Waals surface area (Å²) < 4.78 is 1.57. The van der Waals surface area contributed by atoms with Gasteiger partial charge in [-0.3, -0.25) is 9.59 Å². The smallest absolute Gasteiger partial charge is 0.323 e. The van der Waals surface area contributed by atoms with E-state index in [-0.39, 0.29) is 18.3 Å². The first-order valence-corrected chi connectivity index (χ1v) is 8.07. The van der Waals surface area contributed by atoms with Gasteiger partial charge in [-0.25, -0.2) is 9.97 Å². The van der Waals surface area contributed by atoms with Crippen molar-refractivity contribution in [2.24, 2.45) is 5.92 Å². The number of nitrogens with one attached hydrogen (secondary N) is 1. The summed E-state index contributed by atoms with van der Waals surface area (Å²) in [5.41, 5.74) is 7.59. The number of fused-ring (bicyclic) bond motifs is 3. The molecule has 2 aromatic heterocycles. The second-order valence-corrected chi connectivity index (χ2v) is 6.32. The van der Waals surface area contributed by atoms with Crippen LogP contribution in [0.4, 0.5) is 5.82 Å². The molecule has 0 bridgehead atoms. The van der Waals surface area contributed by atoms with Crippen molar-refractivity contribution in [1.82, 2.24) is 19.9 Å². The van der Waals surface area contributed by atoms with Gasteiger partial charge in [0.05, 0.1) is 10.9 Å². The summed E-state index contributed by atoms with van der Waals surface area (Å²) in [5.74, 6) is -0.283. The minimum Gasteiger partial charge on any atom is -0.480 e. The molecule has 4 N–H and O–H groups in total. The van der Waals surface area contributed by atoms with Crippen molar-refractivity contribution < 1.29 is 14.7 Å². The van der Waals surface area contributed by atoms with Crippen LogP contribution < -0.4 is 11.1 Å². The maximum atomic E-state index is 12.4. The molecule has 1 fully saturated rings. The number of benzene rings is 1. The van der Waals surface area contributed by atoms with Crippen LogP contribution in [0.5, 0.6) is 0 Å². The van der Waals surface area contributed by atoms with Gasteiger partial charge >= 0.3 is 5.97 Å². The number of anilines is 1. The molecule has 1 saturated carbocycles. The lowest BCUT2D eigenvalue weighted by Gasteiger charge is -2.05. The number of carboxylic acids is 1. The summed E-state index contributed by atoms with van der Waals surface area (Å²) >= 11 is 0. The van der Waals surface area contributed by atoms with Crippen molar-refractivity contribution in [2.75, 3.05) is 12.3 Å². The first-order valence-electron chi connectivity index (χ1n) is 8.07. The average Bonchev–Trinajstić information content (AvgIpc) is 3.36. The molecule has 1 amide bonds. The topological polar surface area (TPSA) is 123 Å². The normalized spacial score (nSPS) is 14.1. The van der Waals surface area contributed by atoms with Gasteiger partial charge in [0.15, 0.2) is 0 Å². The van der Waals surface area contributed by atoms with E-state index in [1.165, 1.54) is 6.33 Å². The van der Waals surface area contributed by atoms with E-state index in [1.54, 1.807) is 22.8 Å². The second-order valence-electron chi connectivity index (χ2n) is 6.32. The lowest BCUT2D eigenvalue weighted by atomic mass is 10.1. The minimum atomic E-state index is -0.984. The number of nitrogens with zero attached hydrogens (tertiary/aromatic N) is 3. The standard InChI is InChI=1S/C17H17N5O3/c18-15-14-11-5-10(17(25)19-6-9-1-2-9)3-4-12(11)22(7-13(23)24)16(14)21-8-20-15/h3-5,8-9H,1-2,6-7H2,(H,19,25)(H,23,24)(H2,18,20,21). The van der Waals surface area contributed by atoms with Gasteiger partial charge < -0.3 is 20.7 Å². The summed E-state index contributed by atoms with van der Waals surface area (Å²) in [6.07, 6.45) is 3.63. The summed E-state index contributed by atoms with van der Waals surface area (Å²) in [7, 11) is 0. The number of nitrogens with two attached hydrogens (primary N) is 1. The van der Waals surface area contributed by atoms with Gasteiger partial charge in [-0.05, 0) is 37.0 Å². The zero-order chi connectivity index (χ0) is 17.6. The first kappa shape index (κ1) is 15.4. The first-order chi connectivity index (χ1) is 12.0. The molecular formula is C17H17N5O3. The van der Waals surface area contributed by atoms with E-state index in [4.69, 9.17) is 5.73 Å². The summed E-state index contributed by atoms with van der Waals surface area (Å²) in [4.78, 5) is 31.7. The molecule has 128 valence electrons. The Morgan fingerprint density at radius 1 is 1.32 bits per heavy atom. The molecule has 4 rings (SSSR count). The van der Waals surface area contributed by atoms with Crippen molar-refractivity contribution >= 4 is 39.6 Å². The van der Waals surface area contributed by atoms with Gasteiger partial charge in [0.1, 0.15) is 24.3 Å². The highest BCUT2D eigenvalue weighted by molar-refractivity contribution is 6.13. The Morgan fingerprint density at radius 3 is 2.84 bits per heavy atom. The van der Waals surface area contributed by atoms with Crippen molar-refractivity contribution in [3.8, 4) is 0 Å². The molecular weight excluding hydrogens is 322 g/mol. The van der Waals surface area contributed by atoms with Crippen LogP contribution in [0, 0.1) is 5.92 Å². The molecule has 3 aromatic rings. The summed E-state index contributed by atoms with van der Waals surface area (Å²) in [6.45, 7) is 0.437. The van der Waals surface area contributed by atoms with Gasteiger partial charge in [-0.15, -0.1) is 0 Å². The lowest BCUT2D eigenvalue weighted by Crippen LogP contribution is -2.25. The number of aliphatic carboxylic acids is 1. The molecule has 1 aromatic carbocycles. The van der Waals surface area contributed by atoms with Gasteiger partial charge in [0, 0.05) is 17.5 Å². The van der Waals surface area contributed by atoms with Crippen LogP contribution in [0.15, 0.2) is 24.5 Å². The molecule has 1 aliphatic rings. The number of nitrogen functional groups attached to an aromatic ring is 1. The fourth-order valence-corrected chi connectivity index (χ4v) is 3.04. The molecule has 8 nitrogen and oxygen atoms in total. The van der Waals surface area contributed by atoms with Crippen LogP contribution in [-0.2, 0) is 11.3 Å². The number of carboxylic acid groups (broad SMARTS) is 1. The van der Waals surface area contributed by atoms with Crippen LogP contribution >= 0.6 is 0 Å². The highest BCUT2D eigenvalue weighted by Gasteiger charge is 2.22. The third kappa shape index (κ3) is 2.75. The quantitative estimate of drug-likeness (QED) is 0.645. The SMILES string of the molecule is Nc1ncnc2c1c1cc(C(=O)NCC3CC3)ccc1n2CC(=O)O. The number of carbonyl (C=O) groups excluding carboxylic acids is 1. The minimum absolute atomic E-state index is 0.150. The molecule has 1 aliphatic carbocycles. The Morgan fingerprint density at radius 2 is 2.12 bits per heavy atom. The van der Waals surface area contributed by atoms with Crippen molar-refractivity contribution in [1.29, 1.82) is 0 Å². The third-order valence-corrected chi connectivity index (χ3v) is 4.47. The van der Waals surface area contributed by atoms with E-state index in [2.05, 4.69) is 15.3 Å². The summed E-state index contributed by atoms with van der Waals surface area (Å²) in [5, 5.41) is 13.3. The zero-order valence-electron chi connectivity index (χ0n) is 13.4. The zero-order valence-corrected chi connectivity index (χ0v) is 13.4. The maximum absolute atomic E-state index is 12.4. The third-order valence-electron chi connectivity index (χ3n) is 4.47. The molecule has 0 unspecified atom stereocenters. The van der Waals surface area contributed by atoms with E-state index in [0.717, 1.165) is 12.8 Å². The Balaban J connectivity index is 1.84. The fourth-order valence-electron chi connectivity index (χ4n) is 3.04. The van der Waals surface area contributed by atoms with E-state index < -0.39 is 5.97 Å². The van der Waals surface area contributed by atoms with Crippen LogP contribution in [0.1, 0.15) is 23.2 Å². The van der Waals surface area contributed by atoms with E-state index in [0.29, 0.717) is 40.0 Å². The monoisotopic (exact) mass is 339 g/mol. The van der Waals surface area contributed by atoms with E-state index in [1.807, 2.05) is 0 Å². The molecule has 0 spiro atoms. The van der Waals surface area contributed by atoms with Crippen LogP contribution in [0.25, 0.3) is 21.9 Å². The predicted molar refractivity (Wildman–Crippen MR) is 92.1 cm³/mol. The highest BCUT2D eigenvalue weighted by Crippen LogP contribution is 2.31. The summed E-state index contributed by atoms with van der Waals surface area (Å²) in [6, 6.07) is 5.13. The van der Waals surface area contributed by atoms with Gasteiger partial charge in [-0.1, -0.05) is 0 Å². The number of carbonyl (C=O) groups is 2. The Kier molecular flexibility index (Phi) is 3.52. The Hall–Kier alpha value is -3.16. The number of amides is 1.